The summed E-state index contributed by atoms with van der Waals surface area (Å²) < 4.78 is 0. The van der Waals surface area contributed by atoms with E-state index in [4.69, 9.17) is 0 Å². The van der Waals surface area contributed by atoms with Crippen molar-refractivity contribution in [3.63, 3.8) is 0 Å². The topological polar surface area (TPSA) is 85.3 Å². The molecule has 3 aromatic rings. The van der Waals surface area contributed by atoms with E-state index in [-0.39, 0.29) is 18.4 Å². The number of hydrogen-bond donors (Lipinski definition) is 3. The number of nitrogens with one attached hydrogen (secondary N) is 1. The van der Waals surface area contributed by atoms with Gasteiger partial charge in [0.25, 0.3) is 0 Å². The first kappa shape index (κ1) is 12.4. The zero-order valence-corrected chi connectivity index (χ0v) is 11.5. The lowest BCUT2D eigenvalue weighted by molar-refractivity contribution is 0.266. The van der Waals surface area contributed by atoms with Gasteiger partial charge in [0.1, 0.15) is 23.5 Å². The van der Waals surface area contributed by atoms with E-state index < -0.39 is 0 Å². The molecule has 0 bridgehead atoms. The fraction of sp³-hybridized carbons (Fsp3) is 0.333. The fourth-order valence-electron chi connectivity index (χ4n) is 3.22. The summed E-state index contributed by atoms with van der Waals surface area (Å²) in [5.74, 6) is 1.05. The Morgan fingerprint density at radius 1 is 1.33 bits per heavy atom. The van der Waals surface area contributed by atoms with Gasteiger partial charge in [0.05, 0.1) is 18.0 Å². The molecule has 6 heteroatoms. The average Bonchev–Trinajstić information content (AvgIpc) is 3.10. The summed E-state index contributed by atoms with van der Waals surface area (Å²) in [6.07, 6.45) is 3.56. The van der Waals surface area contributed by atoms with E-state index in [9.17, 15) is 10.2 Å². The number of anilines is 1. The van der Waals surface area contributed by atoms with Crippen molar-refractivity contribution in [2.75, 3.05) is 18.1 Å². The van der Waals surface area contributed by atoms with E-state index in [2.05, 4.69) is 19.9 Å². The van der Waals surface area contributed by atoms with Gasteiger partial charge in [-0.3, -0.25) is 0 Å². The highest BCUT2D eigenvalue weighted by Gasteiger charge is 2.27. The minimum absolute atomic E-state index is 0.102. The van der Waals surface area contributed by atoms with Crippen LogP contribution in [0.25, 0.3) is 21.9 Å². The molecule has 1 aliphatic rings. The third-order valence-electron chi connectivity index (χ3n) is 4.21. The summed E-state index contributed by atoms with van der Waals surface area (Å²) in [4.78, 5) is 14.1. The van der Waals surface area contributed by atoms with Gasteiger partial charge in [-0.1, -0.05) is 0 Å². The molecule has 21 heavy (non-hydrogen) atoms. The standard InChI is InChI=1S/C15H16N4O2/c20-7-9-2-1-5-19(9)15-13-11-6-10(21)3-4-12(11)18-14(13)16-8-17-15/h3-4,6,8-9,20-21H,1-2,5,7H2,(H,16,17,18)/t9-/m0/s1. The molecule has 4 rings (SSSR count). The second-order valence-electron chi connectivity index (χ2n) is 5.45. The Morgan fingerprint density at radius 2 is 2.24 bits per heavy atom. The van der Waals surface area contributed by atoms with Crippen LogP contribution in [-0.4, -0.2) is 44.4 Å². The molecule has 0 spiro atoms. The number of fused-ring (bicyclic) bond motifs is 3. The van der Waals surface area contributed by atoms with Gasteiger partial charge in [0, 0.05) is 17.4 Å². The molecule has 3 N–H and O–H groups in total. The van der Waals surface area contributed by atoms with Gasteiger partial charge >= 0.3 is 0 Å². The quantitative estimate of drug-likeness (QED) is 0.668. The Labute approximate surface area is 121 Å². The molecule has 0 saturated carbocycles. The van der Waals surface area contributed by atoms with Crippen molar-refractivity contribution >= 4 is 27.8 Å². The number of phenols is 1. The van der Waals surface area contributed by atoms with Gasteiger partial charge in [-0.25, -0.2) is 9.97 Å². The number of aromatic hydroxyl groups is 1. The van der Waals surface area contributed by atoms with Crippen LogP contribution in [0.2, 0.25) is 0 Å². The normalized spacial score (nSPS) is 18.9. The van der Waals surface area contributed by atoms with Crippen molar-refractivity contribution in [3.8, 4) is 5.75 Å². The SMILES string of the molecule is OC[C@@H]1CCCN1c1ncnc2[nH]c3ccc(O)cc3c12. The number of phenolic OH excluding ortho intramolecular Hbond substituents is 1. The van der Waals surface area contributed by atoms with Gasteiger partial charge in [-0.2, -0.15) is 0 Å². The zero-order valence-electron chi connectivity index (χ0n) is 11.5. The first-order chi connectivity index (χ1) is 10.3. The summed E-state index contributed by atoms with van der Waals surface area (Å²) in [5, 5.41) is 21.1. The Balaban J connectivity index is 2.00. The molecule has 2 aromatic heterocycles. The number of hydrogen-bond acceptors (Lipinski definition) is 5. The maximum atomic E-state index is 9.75. The Morgan fingerprint density at radius 3 is 3.10 bits per heavy atom. The number of aliphatic hydroxyl groups excluding tert-OH is 1. The number of aliphatic hydroxyl groups is 1. The maximum absolute atomic E-state index is 9.75. The van der Waals surface area contributed by atoms with Crippen LogP contribution >= 0.6 is 0 Å². The summed E-state index contributed by atoms with van der Waals surface area (Å²) in [6, 6.07) is 5.32. The van der Waals surface area contributed by atoms with Crippen LogP contribution in [-0.2, 0) is 0 Å². The van der Waals surface area contributed by atoms with Crippen molar-refractivity contribution in [2.45, 2.75) is 18.9 Å². The molecule has 1 atom stereocenters. The highest BCUT2D eigenvalue weighted by Crippen LogP contribution is 2.35. The number of aromatic nitrogens is 3. The lowest BCUT2D eigenvalue weighted by Crippen LogP contribution is -2.32. The minimum atomic E-state index is 0.102. The number of nitrogens with zero attached hydrogens (tertiary/aromatic N) is 3. The van der Waals surface area contributed by atoms with E-state index in [1.807, 2.05) is 6.07 Å². The van der Waals surface area contributed by atoms with Gasteiger partial charge in [-0.05, 0) is 31.0 Å². The lowest BCUT2D eigenvalue weighted by atomic mass is 10.1. The maximum Gasteiger partial charge on any atom is 0.143 e. The molecule has 0 amide bonds. The molecule has 1 aromatic carbocycles. The van der Waals surface area contributed by atoms with E-state index in [0.717, 1.165) is 47.1 Å². The van der Waals surface area contributed by atoms with Crippen molar-refractivity contribution in [3.05, 3.63) is 24.5 Å². The monoisotopic (exact) mass is 284 g/mol. The summed E-state index contributed by atoms with van der Waals surface area (Å²) in [5.41, 5.74) is 1.67. The van der Waals surface area contributed by atoms with Crippen LogP contribution < -0.4 is 4.90 Å². The average molecular weight is 284 g/mol. The van der Waals surface area contributed by atoms with Crippen LogP contribution in [0, 0.1) is 0 Å². The van der Waals surface area contributed by atoms with Gasteiger partial charge in [0.2, 0.25) is 0 Å². The highest BCUT2D eigenvalue weighted by molar-refractivity contribution is 6.11. The molecule has 1 fully saturated rings. The predicted octanol–water partition coefficient (Wildman–Crippen LogP) is 1.78. The smallest absolute Gasteiger partial charge is 0.143 e. The van der Waals surface area contributed by atoms with E-state index >= 15 is 0 Å². The third kappa shape index (κ3) is 1.83. The first-order valence-electron chi connectivity index (χ1n) is 7.11. The van der Waals surface area contributed by atoms with Gasteiger partial charge < -0.3 is 20.1 Å². The van der Waals surface area contributed by atoms with Gasteiger partial charge in [-0.15, -0.1) is 0 Å². The van der Waals surface area contributed by atoms with Crippen molar-refractivity contribution in [1.29, 1.82) is 0 Å². The largest absolute Gasteiger partial charge is 0.508 e. The van der Waals surface area contributed by atoms with Crippen LogP contribution in [0.4, 0.5) is 5.82 Å². The number of benzene rings is 1. The minimum Gasteiger partial charge on any atom is -0.508 e. The van der Waals surface area contributed by atoms with Crippen molar-refractivity contribution in [1.82, 2.24) is 15.0 Å². The lowest BCUT2D eigenvalue weighted by Gasteiger charge is -2.24. The van der Waals surface area contributed by atoms with E-state index in [1.54, 1.807) is 18.5 Å². The molecule has 3 heterocycles. The summed E-state index contributed by atoms with van der Waals surface area (Å²) in [6.45, 7) is 1.00. The van der Waals surface area contributed by atoms with Crippen LogP contribution in [0.5, 0.6) is 5.75 Å². The molecule has 6 nitrogen and oxygen atoms in total. The molecule has 0 aliphatic carbocycles. The second-order valence-corrected chi connectivity index (χ2v) is 5.45. The predicted molar refractivity (Wildman–Crippen MR) is 80.5 cm³/mol. The van der Waals surface area contributed by atoms with Crippen molar-refractivity contribution < 1.29 is 10.2 Å². The zero-order chi connectivity index (χ0) is 14.4. The Kier molecular flexibility index (Phi) is 2.71. The van der Waals surface area contributed by atoms with Crippen molar-refractivity contribution in [2.24, 2.45) is 0 Å². The van der Waals surface area contributed by atoms with Gasteiger partial charge in [0.15, 0.2) is 0 Å². The second kappa shape index (κ2) is 4.60. The highest BCUT2D eigenvalue weighted by atomic mass is 16.3. The number of aromatic amines is 1. The Bertz CT molecular complexity index is 814. The molecule has 0 unspecified atom stereocenters. The molecular weight excluding hydrogens is 268 g/mol. The Hall–Kier alpha value is -2.34. The van der Waals surface area contributed by atoms with Crippen LogP contribution in [0.15, 0.2) is 24.5 Å². The first-order valence-corrected chi connectivity index (χ1v) is 7.11. The van der Waals surface area contributed by atoms with Crippen LogP contribution in [0.3, 0.4) is 0 Å². The van der Waals surface area contributed by atoms with Crippen LogP contribution in [0.1, 0.15) is 12.8 Å². The molecule has 108 valence electrons. The molecule has 1 saturated heterocycles. The number of H-pyrrole nitrogens is 1. The summed E-state index contributed by atoms with van der Waals surface area (Å²) in [7, 11) is 0. The van der Waals surface area contributed by atoms with E-state index in [1.165, 1.54) is 0 Å². The molecule has 0 radical (unpaired) electrons. The molecule has 1 aliphatic heterocycles. The molecular formula is C15H16N4O2. The fourth-order valence-corrected chi connectivity index (χ4v) is 3.22. The number of rotatable bonds is 2. The van der Waals surface area contributed by atoms with E-state index in [0.29, 0.717) is 0 Å². The summed E-state index contributed by atoms with van der Waals surface area (Å²) >= 11 is 0. The third-order valence-corrected chi connectivity index (χ3v) is 4.21.